The molecule has 0 saturated heterocycles. The zero-order chi connectivity index (χ0) is 9.10. The number of fused-ring (bicyclic) bond motifs is 1. The van der Waals surface area contributed by atoms with Gasteiger partial charge in [0.15, 0.2) is 0 Å². The molecule has 0 fully saturated rings. The highest BCUT2D eigenvalue weighted by Gasteiger charge is 1.98. The predicted molar refractivity (Wildman–Crippen MR) is 55.3 cm³/mol. The van der Waals surface area contributed by atoms with Crippen LogP contribution in [0.5, 0.6) is 5.75 Å². The molecule has 66 valence electrons. The van der Waals surface area contributed by atoms with E-state index < -0.39 is 0 Å². The Labute approximate surface area is 80.5 Å². The number of aromatic nitrogens is 1. The lowest BCUT2D eigenvalue weighted by atomic mass is 10.3. The van der Waals surface area contributed by atoms with Crippen molar-refractivity contribution in [2.75, 3.05) is 6.61 Å². The maximum absolute atomic E-state index is 5.39. The van der Waals surface area contributed by atoms with Gasteiger partial charge >= 0.3 is 0 Å². The van der Waals surface area contributed by atoms with E-state index in [0.717, 1.165) is 16.0 Å². The maximum Gasteiger partial charge on any atom is 0.121 e. The predicted octanol–water partition coefficient (Wildman–Crippen LogP) is 2.86. The van der Waals surface area contributed by atoms with Crippen LogP contribution in [0, 0.1) is 0 Å². The summed E-state index contributed by atoms with van der Waals surface area (Å²) in [6.07, 6.45) is 1.73. The van der Waals surface area contributed by atoms with Crippen LogP contribution in [-0.2, 0) is 0 Å². The zero-order valence-corrected chi connectivity index (χ0v) is 7.88. The molecule has 0 saturated carbocycles. The van der Waals surface area contributed by atoms with E-state index in [-0.39, 0.29) is 0 Å². The molecule has 0 amide bonds. The fourth-order valence-corrected chi connectivity index (χ4v) is 1.79. The second-order valence-corrected chi connectivity index (χ2v) is 3.47. The lowest BCUT2D eigenvalue weighted by Gasteiger charge is -2.01. The van der Waals surface area contributed by atoms with Gasteiger partial charge in [-0.25, -0.2) is 4.98 Å². The molecular weight excluding hydrogens is 182 g/mol. The fourth-order valence-electron chi connectivity index (χ4n) is 1.08. The molecule has 0 atom stereocenters. The Hall–Kier alpha value is -1.35. The van der Waals surface area contributed by atoms with Gasteiger partial charge in [0.2, 0.25) is 0 Å². The Balaban J connectivity index is 2.31. The Bertz CT molecular complexity index is 422. The summed E-state index contributed by atoms with van der Waals surface area (Å²) in [5.41, 5.74) is 2.86. The molecule has 0 unspecified atom stereocenters. The minimum absolute atomic E-state index is 0.546. The average molecular weight is 191 g/mol. The minimum Gasteiger partial charge on any atom is -0.490 e. The number of nitrogens with zero attached hydrogens (tertiary/aromatic N) is 1. The third-order valence-electron chi connectivity index (χ3n) is 1.67. The number of ether oxygens (including phenoxy) is 1. The summed E-state index contributed by atoms with van der Waals surface area (Å²) < 4.78 is 6.55. The van der Waals surface area contributed by atoms with Gasteiger partial charge in [0.05, 0.1) is 15.7 Å². The molecule has 0 aliphatic carbocycles. The number of benzene rings is 1. The molecule has 1 aromatic heterocycles. The molecular formula is C10H9NOS. The molecule has 0 bridgehead atoms. The van der Waals surface area contributed by atoms with Crippen LogP contribution in [0.25, 0.3) is 10.2 Å². The van der Waals surface area contributed by atoms with Crippen molar-refractivity contribution < 1.29 is 4.74 Å². The summed E-state index contributed by atoms with van der Waals surface area (Å²) in [6.45, 7) is 4.14. The second kappa shape index (κ2) is 3.58. The van der Waals surface area contributed by atoms with Gasteiger partial charge < -0.3 is 4.74 Å². The third kappa shape index (κ3) is 1.70. The van der Waals surface area contributed by atoms with Gasteiger partial charge in [-0.05, 0) is 18.2 Å². The van der Waals surface area contributed by atoms with E-state index in [2.05, 4.69) is 11.6 Å². The Kier molecular flexibility index (Phi) is 2.27. The summed E-state index contributed by atoms with van der Waals surface area (Å²) in [4.78, 5) is 4.18. The van der Waals surface area contributed by atoms with Gasteiger partial charge in [0.1, 0.15) is 12.4 Å². The molecule has 0 aliphatic rings. The van der Waals surface area contributed by atoms with E-state index in [0.29, 0.717) is 6.61 Å². The van der Waals surface area contributed by atoms with Crippen molar-refractivity contribution in [3.8, 4) is 5.75 Å². The second-order valence-electron chi connectivity index (χ2n) is 2.58. The maximum atomic E-state index is 5.39. The quantitative estimate of drug-likeness (QED) is 0.696. The largest absolute Gasteiger partial charge is 0.490 e. The van der Waals surface area contributed by atoms with Gasteiger partial charge in [0.25, 0.3) is 0 Å². The third-order valence-corrected chi connectivity index (χ3v) is 2.46. The van der Waals surface area contributed by atoms with E-state index in [9.17, 15) is 0 Å². The van der Waals surface area contributed by atoms with Crippen molar-refractivity contribution in [1.82, 2.24) is 4.98 Å². The van der Waals surface area contributed by atoms with E-state index >= 15 is 0 Å². The zero-order valence-electron chi connectivity index (χ0n) is 7.06. The molecule has 2 nitrogen and oxygen atoms in total. The van der Waals surface area contributed by atoms with Crippen LogP contribution in [0.4, 0.5) is 0 Å². The topological polar surface area (TPSA) is 22.1 Å². The molecule has 2 rings (SSSR count). The molecule has 0 radical (unpaired) electrons. The van der Waals surface area contributed by atoms with Crippen LogP contribution in [0.15, 0.2) is 36.4 Å². The molecule has 0 spiro atoms. The summed E-state index contributed by atoms with van der Waals surface area (Å²) in [7, 11) is 0. The van der Waals surface area contributed by atoms with Crippen molar-refractivity contribution in [3.63, 3.8) is 0 Å². The Morgan fingerprint density at radius 1 is 1.54 bits per heavy atom. The summed E-state index contributed by atoms with van der Waals surface area (Å²) in [5.74, 6) is 0.872. The first-order valence-corrected chi connectivity index (χ1v) is 4.85. The fraction of sp³-hybridized carbons (Fsp3) is 0.100. The molecule has 2 aromatic rings. The first-order valence-electron chi connectivity index (χ1n) is 3.97. The number of hydrogen-bond donors (Lipinski definition) is 0. The van der Waals surface area contributed by atoms with Crippen molar-refractivity contribution in [2.24, 2.45) is 0 Å². The number of rotatable bonds is 3. The van der Waals surface area contributed by atoms with Gasteiger partial charge in [-0.2, -0.15) is 0 Å². The first kappa shape index (κ1) is 8.26. The van der Waals surface area contributed by atoms with E-state index in [4.69, 9.17) is 4.74 Å². The molecule has 3 heteroatoms. The van der Waals surface area contributed by atoms with Crippen LogP contribution < -0.4 is 4.74 Å². The highest BCUT2D eigenvalue weighted by molar-refractivity contribution is 7.16. The van der Waals surface area contributed by atoms with Crippen molar-refractivity contribution in [1.29, 1.82) is 0 Å². The monoisotopic (exact) mass is 191 g/mol. The molecule has 13 heavy (non-hydrogen) atoms. The van der Waals surface area contributed by atoms with Gasteiger partial charge in [-0.15, -0.1) is 11.3 Å². The Morgan fingerprint density at radius 3 is 3.31 bits per heavy atom. The number of thiazole rings is 1. The summed E-state index contributed by atoms with van der Waals surface area (Å²) in [5, 5.41) is 0. The van der Waals surface area contributed by atoms with Crippen molar-refractivity contribution >= 4 is 21.6 Å². The van der Waals surface area contributed by atoms with Crippen LogP contribution in [0.3, 0.4) is 0 Å². The van der Waals surface area contributed by atoms with Crippen molar-refractivity contribution in [3.05, 3.63) is 36.4 Å². The molecule has 0 N–H and O–H groups in total. The van der Waals surface area contributed by atoms with Gasteiger partial charge in [-0.1, -0.05) is 12.7 Å². The summed E-state index contributed by atoms with van der Waals surface area (Å²) in [6, 6.07) is 5.88. The lowest BCUT2D eigenvalue weighted by molar-refractivity contribution is 0.364. The van der Waals surface area contributed by atoms with Crippen molar-refractivity contribution in [2.45, 2.75) is 0 Å². The highest BCUT2D eigenvalue weighted by atomic mass is 32.1. The normalized spacial score (nSPS) is 10.2. The Morgan fingerprint density at radius 2 is 2.46 bits per heavy atom. The van der Waals surface area contributed by atoms with Gasteiger partial charge in [-0.3, -0.25) is 0 Å². The van der Waals surface area contributed by atoms with E-state index in [1.165, 1.54) is 0 Å². The van der Waals surface area contributed by atoms with E-state index in [1.54, 1.807) is 17.4 Å². The van der Waals surface area contributed by atoms with Crippen LogP contribution in [0.2, 0.25) is 0 Å². The molecule has 1 aromatic carbocycles. The smallest absolute Gasteiger partial charge is 0.121 e. The molecule has 0 aliphatic heterocycles. The van der Waals surface area contributed by atoms with Crippen LogP contribution in [0.1, 0.15) is 0 Å². The highest BCUT2D eigenvalue weighted by Crippen LogP contribution is 2.23. The number of hydrogen-bond acceptors (Lipinski definition) is 3. The minimum atomic E-state index is 0.546. The first-order chi connectivity index (χ1) is 6.40. The lowest BCUT2D eigenvalue weighted by Crippen LogP contribution is -1.91. The SMILES string of the molecule is C=CCOc1ccc2ncsc2c1. The summed E-state index contributed by atoms with van der Waals surface area (Å²) >= 11 is 1.62. The molecule has 1 heterocycles. The van der Waals surface area contributed by atoms with E-state index in [1.807, 2.05) is 23.7 Å². The van der Waals surface area contributed by atoms with Crippen LogP contribution >= 0.6 is 11.3 Å². The average Bonchev–Trinajstić information content (AvgIpc) is 2.61. The van der Waals surface area contributed by atoms with Crippen LogP contribution in [-0.4, -0.2) is 11.6 Å². The standard InChI is InChI=1S/C10H9NOS/c1-2-5-12-8-3-4-9-10(6-8)13-7-11-9/h2-4,6-7H,1,5H2. The van der Waals surface area contributed by atoms with Gasteiger partial charge in [0, 0.05) is 0 Å².